The Labute approximate surface area is 141 Å². The molecule has 1 aliphatic carbocycles. The van der Waals surface area contributed by atoms with E-state index in [1.807, 2.05) is 35.2 Å². The van der Waals surface area contributed by atoms with Gasteiger partial charge in [-0.2, -0.15) is 9.29 Å². The third-order valence-corrected chi connectivity index (χ3v) is 6.32. The minimum atomic E-state index is -3.30. The topological polar surface area (TPSA) is 79.5 Å². The van der Waals surface area contributed by atoms with Crippen molar-refractivity contribution in [3.8, 4) is 0 Å². The quantitative estimate of drug-likeness (QED) is 0.816. The average molecular weight is 348 g/mol. The summed E-state index contributed by atoms with van der Waals surface area (Å²) in [6.07, 6.45) is 2.26. The lowest BCUT2D eigenvalue weighted by atomic mass is 10.2. The highest BCUT2D eigenvalue weighted by Crippen LogP contribution is 2.38. The van der Waals surface area contributed by atoms with Crippen molar-refractivity contribution in [2.75, 3.05) is 31.1 Å². The molecule has 2 heterocycles. The molecule has 0 spiro atoms. The Morgan fingerprint density at radius 2 is 1.79 bits per heavy atom. The lowest BCUT2D eigenvalue weighted by Gasteiger charge is -2.32. The van der Waals surface area contributed by atoms with Crippen LogP contribution in [0.4, 0.5) is 6.01 Å². The molecule has 1 aliphatic heterocycles. The fourth-order valence-corrected chi connectivity index (χ4v) is 4.41. The Bertz CT molecular complexity index is 794. The normalized spacial score (nSPS) is 19.6. The number of aromatic nitrogens is 2. The van der Waals surface area contributed by atoms with Crippen molar-refractivity contribution in [1.82, 2.24) is 14.4 Å². The first kappa shape index (κ1) is 15.6. The highest BCUT2D eigenvalue weighted by molar-refractivity contribution is 7.88. The molecule has 0 amide bonds. The van der Waals surface area contributed by atoms with Gasteiger partial charge in [-0.25, -0.2) is 8.42 Å². The van der Waals surface area contributed by atoms with Crippen LogP contribution in [0.3, 0.4) is 0 Å². The zero-order chi connectivity index (χ0) is 16.6. The van der Waals surface area contributed by atoms with Crippen molar-refractivity contribution in [3.63, 3.8) is 0 Å². The van der Waals surface area contributed by atoms with Gasteiger partial charge in [-0.15, -0.1) is 0 Å². The van der Waals surface area contributed by atoms with Gasteiger partial charge in [-0.05, 0) is 18.4 Å². The van der Waals surface area contributed by atoms with E-state index < -0.39 is 10.0 Å². The molecule has 1 saturated carbocycles. The largest absolute Gasteiger partial charge is 0.324 e. The molecule has 2 aliphatic rings. The van der Waals surface area contributed by atoms with Crippen LogP contribution in [0.2, 0.25) is 0 Å². The van der Waals surface area contributed by atoms with Crippen LogP contribution < -0.4 is 4.90 Å². The monoisotopic (exact) mass is 348 g/mol. The molecule has 128 valence electrons. The van der Waals surface area contributed by atoms with E-state index in [0.29, 0.717) is 38.1 Å². The first-order valence-electron chi connectivity index (χ1n) is 8.22. The van der Waals surface area contributed by atoms with Crippen LogP contribution in [0.15, 0.2) is 34.9 Å². The van der Waals surface area contributed by atoms with E-state index >= 15 is 0 Å². The molecule has 1 saturated heterocycles. The summed E-state index contributed by atoms with van der Waals surface area (Å²) >= 11 is 0. The maximum Gasteiger partial charge on any atom is 0.324 e. The third-order valence-electron chi connectivity index (χ3n) is 4.47. The fourth-order valence-electron chi connectivity index (χ4n) is 2.90. The third kappa shape index (κ3) is 3.29. The highest BCUT2D eigenvalue weighted by atomic mass is 32.2. The molecule has 8 heteroatoms. The first-order valence-corrected chi connectivity index (χ1v) is 9.83. The minimum Gasteiger partial charge on any atom is -0.322 e. The average Bonchev–Trinajstić information content (AvgIpc) is 3.33. The number of piperazine rings is 1. The van der Waals surface area contributed by atoms with E-state index in [-0.39, 0.29) is 5.75 Å². The Morgan fingerprint density at radius 1 is 1.08 bits per heavy atom. The van der Waals surface area contributed by atoms with E-state index in [2.05, 4.69) is 10.1 Å². The number of sulfonamides is 1. The highest BCUT2D eigenvalue weighted by Gasteiger charge is 2.32. The van der Waals surface area contributed by atoms with E-state index in [1.54, 1.807) is 4.31 Å². The maximum absolute atomic E-state index is 12.6. The fraction of sp³-hybridized carbons (Fsp3) is 0.500. The molecule has 0 N–H and O–H groups in total. The summed E-state index contributed by atoms with van der Waals surface area (Å²) < 4.78 is 32.0. The molecular formula is C16H20N4O3S. The molecule has 7 nitrogen and oxygen atoms in total. The number of hydrogen-bond donors (Lipinski definition) is 0. The van der Waals surface area contributed by atoms with Crippen molar-refractivity contribution < 1.29 is 12.9 Å². The number of anilines is 1. The molecule has 24 heavy (non-hydrogen) atoms. The van der Waals surface area contributed by atoms with Gasteiger partial charge in [0.25, 0.3) is 0 Å². The molecule has 4 rings (SSSR count). The Kier molecular flexibility index (Phi) is 4.01. The second-order valence-electron chi connectivity index (χ2n) is 6.34. The SMILES string of the molecule is O=S(=O)(Cc1ccccc1)N1CCN(c2nc(C3CC3)no2)CC1. The molecule has 0 bridgehead atoms. The smallest absolute Gasteiger partial charge is 0.322 e. The van der Waals surface area contributed by atoms with Crippen molar-refractivity contribution in [2.45, 2.75) is 24.5 Å². The number of nitrogens with zero attached hydrogens (tertiary/aromatic N) is 4. The van der Waals surface area contributed by atoms with E-state index in [1.165, 1.54) is 0 Å². The lowest BCUT2D eigenvalue weighted by Crippen LogP contribution is -2.49. The second kappa shape index (κ2) is 6.18. The van der Waals surface area contributed by atoms with Crippen molar-refractivity contribution >= 4 is 16.0 Å². The zero-order valence-corrected chi connectivity index (χ0v) is 14.2. The van der Waals surface area contributed by atoms with Gasteiger partial charge in [0.1, 0.15) is 0 Å². The van der Waals surface area contributed by atoms with E-state index in [9.17, 15) is 8.42 Å². The van der Waals surface area contributed by atoms with Gasteiger partial charge in [0.05, 0.1) is 5.75 Å². The molecule has 1 aromatic heterocycles. The predicted molar refractivity (Wildman–Crippen MR) is 89.1 cm³/mol. The van der Waals surface area contributed by atoms with Gasteiger partial charge in [0.2, 0.25) is 10.0 Å². The summed E-state index contributed by atoms with van der Waals surface area (Å²) in [6, 6.07) is 9.79. The van der Waals surface area contributed by atoms with Gasteiger partial charge < -0.3 is 9.42 Å². The van der Waals surface area contributed by atoms with Crippen LogP contribution in [-0.4, -0.2) is 49.0 Å². The zero-order valence-electron chi connectivity index (χ0n) is 13.3. The van der Waals surface area contributed by atoms with Gasteiger partial charge in [-0.3, -0.25) is 0 Å². The molecule has 0 radical (unpaired) electrons. The van der Waals surface area contributed by atoms with Crippen LogP contribution >= 0.6 is 0 Å². The van der Waals surface area contributed by atoms with Gasteiger partial charge in [0.15, 0.2) is 5.82 Å². The van der Waals surface area contributed by atoms with E-state index in [4.69, 9.17) is 4.52 Å². The molecule has 1 aromatic carbocycles. The first-order chi connectivity index (χ1) is 11.6. The summed E-state index contributed by atoms with van der Waals surface area (Å²) in [6.45, 7) is 2.02. The van der Waals surface area contributed by atoms with Crippen LogP contribution in [0.1, 0.15) is 30.1 Å². The van der Waals surface area contributed by atoms with Crippen LogP contribution in [-0.2, 0) is 15.8 Å². The Hall–Kier alpha value is -1.93. The Morgan fingerprint density at radius 3 is 2.46 bits per heavy atom. The number of rotatable bonds is 5. The molecule has 0 atom stereocenters. The summed E-state index contributed by atoms with van der Waals surface area (Å²) in [7, 11) is -3.30. The van der Waals surface area contributed by atoms with Crippen LogP contribution in [0.25, 0.3) is 0 Å². The van der Waals surface area contributed by atoms with Crippen LogP contribution in [0, 0.1) is 0 Å². The second-order valence-corrected chi connectivity index (χ2v) is 8.31. The maximum atomic E-state index is 12.6. The molecule has 0 unspecified atom stereocenters. The Balaban J connectivity index is 1.38. The van der Waals surface area contributed by atoms with Gasteiger partial charge in [0, 0.05) is 32.1 Å². The molecule has 2 aromatic rings. The van der Waals surface area contributed by atoms with E-state index in [0.717, 1.165) is 24.2 Å². The standard InChI is InChI=1S/C16H20N4O3S/c21-24(22,12-13-4-2-1-3-5-13)20-10-8-19(9-11-20)16-17-15(18-23-16)14-6-7-14/h1-5,14H,6-12H2. The van der Waals surface area contributed by atoms with Crippen molar-refractivity contribution in [3.05, 3.63) is 41.7 Å². The lowest BCUT2D eigenvalue weighted by molar-refractivity contribution is 0.353. The van der Waals surface area contributed by atoms with Gasteiger partial charge in [-0.1, -0.05) is 35.5 Å². The number of hydrogen-bond acceptors (Lipinski definition) is 6. The van der Waals surface area contributed by atoms with Crippen molar-refractivity contribution in [1.29, 1.82) is 0 Å². The summed E-state index contributed by atoms with van der Waals surface area (Å²) in [5.74, 6) is 1.28. The van der Waals surface area contributed by atoms with Crippen LogP contribution in [0.5, 0.6) is 0 Å². The molecule has 2 fully saturated rings. The minimum absolute atomic E-state index is 0.0419. The number of benzene rings is 1. The summed E-state index contributed by atoms with van der Waals surface area (Å²) in [4.78, 5) is 6.40. The summed E-state index contributed by atoms with van der Waals surface area (Å²) in [5.41, 5.74) is 0.811. The summed E-state index contributed by atoms with van der Waals surface area (Å²) in [5, 5.41) is 4.02. The van der Waals surface area contributed by atoms with Gasteiger partial charge >= 0.3 is 6.01 Å². The molecular weight excluding hydrogens is 328 g/mol. The van der Waals surface area contributed by atoms with Crippen molar-refractivity contribution in [2.24, 2.45) is 0 Å². The predicted octanol–water partition coefficient (Wildman–Crippen LogP) is 1.60.